The van der Waals surface area contributed by atoms with E-state index in [1.165, 1.54) is 0 Å². The summed E-state index contributed by atoms with van der Waals surface area (Å²) < 4.78 is 0. The number of nitrogens with zero attached hydrogens (tertiary/aromatic N) is 2. The number of piperidine rings is 1. The van der Waals surface area contributed by atoms with E-state index in [9.17, 15) is 14.4 Å². The minimum atomic E-state index is -0.897. The molecule has 0 saturated carbocycles. The lowest BCUT2D eigenvalue weighted by atomic mass is 9.79. The van der Waals surface area contributed by atoms with E-state index in [1.807, 2.05) is 40.8 Å². The van der Waals surface area contributed by atoms with E-state index in [0.29, 0.717) is 37.2 Å². The maximum Gasteiger partial charge on any atom is 0.322 e. The van der Waals surface area contributed by atoms with Gasteiger partial charge in [-0.2, -0.15) is 11.3 Å². The van der Waals surface area contributed by atoms with Gasteiger partial charge in [-0.3, -0.25) is 19.9 Å². The predicted molar refractivity (Wildman–Crippen MR) is 106 cm³/mol. The van der Waals surface area contributed by atoms with Gasteiger partial charge in [-0.05, 0) is 56.2 Å². The van der Waals surface area contributed by atoms with Crippen molar-refractivity contribution in [3.8, 4) is 11.3 Å². The third-order valence-electron chi connectivity index (χ3n) is 5.80. The molecule has 1 atom stereocenters. The van der Waals surface area contributed by atoms with Crippen LogP contribution in [0.3, 0.4) is 0 Å². The summed E-state index contributed by atoms with van der Waals surface area (Å²) >= 11 is 1.61. The highest BCUT2D eigenvalue weighted by Crippen LogP contribution is 2.31. The molecule has 2 saturated heterocycles. The summed E-state index contributed by atoms with van der Waals surface area (Å²) in [6, 6.07) is 5.29. The number of urea groups is 1. The van der Waals surface area contributed by atoms with Crippen molar-refractivity contribution in [3.05, 3.63) is 40.2 Å². The van der Waals surface area contributed by atoms with Gasteiger partial charge in [0, 0.05) is 24.0 Å². The molecule has 2 aliphatic rings. The molecule has 0 radical (unpaired) electrons. The largest absolute Gasteiger partial charge is 0.339 e. The van der Waals surface area contributed by atoms with Crippen LogP contribution in [0.4, 0.5) is 4.79 Å². The number of nitrogens with one attached hydrogen (secondary N) is 2. The van der Waals surface area contributed by atoms with Gasteiger partial charge < -0.3 is 10.2 Å². The molecule has 2 fully saturated rings. The predicted octanol–water partition coefficient (Wildman–Crippen LogP) is 2.57. The number of hydrogen-bond acceptors (Lipinski definition) is 5. The van der Waals surface area contributed by atoms with Gasteiger partial charge in [-0.15, -0.1) is 0 Å². The third kappa shape index (κ3) is 3.17. The molecule has 4 amide bonds. The van der Waals surface area contributed by atoms with Gasteiger partial charge in [0.25, 0.3) is 11.8 Å². The zero-order valence-electron chi connectivity index (χ0n) is 15.8. The van der Waals surface area contributed by atoms with Crippen LogP contribution in [0.15, 0.2) is 29.0 Å². The lowest BCUT2D eigenvalue weighted by molar-refractivity contribution is -0.125. The fraction of sp³-hybridized carbons (Fsp3) is 0.400. The van der Waals surface area contributed by atoms with Crippen molar-refractivity contribution in [2.75, 3.05) is 13.1 Å². The van der Waals surface area contributed by atoms with E-state index < -0.39 is 11.6 Å². The number of aromatic nitrogens is 1. The number of aryl methyl sites for hydroxylation is 1. The van der Waals surface area contributed by atoms with Crippen molar-refractivity contribution in [3.63, 3.8) is 0 Å². The molecule has 8 heteroatoms. The van der Waals surface area contributed by atoms with Gasteiger partial charge >= 0.3 is 6.03 Å². The number of imide groups is 1. The lowest BCUT2D eigenvalue weighted by Crippen LogP contribution is -2.54. The van der Waals surface area contributed by atoms with Crippen LogP contribution in [0.1, 0.15) is 35.8 Å². The number of hydrogen-bond donors (Lipinski definition) is 2. The fourth-order valence-electron chi connectivity index (χ4n) is 4.03. The van der Waals surface area contributed by atoms with Gasteiger partial charge in [0.2, 0.25) is 0 Å². The average Bonchev–Trinajstić information content (AvgIpc) is 3.30. The van der Waals surface area contributed by atoms with Crippen LogP contribution in [-0.2, 0) is 4.79 Å². The van der Waals surface area contributed by atoms with Gasteiger partial charge in [-0.25, -0.2) is 4.79 Å². The molecule has 0 spiro atoms. The van der Waals surface area contributed by atoms with Crippen LogP contribution in [0, 0.1) is 12.8 Å². The van der Waals surface area contributed by atoms with Crippen molar-refractivity contribution >= 4 is 29.2 Å². The molecular formula is C20H22N4O3S. The molecule has 2 aliphatic heterocycles. The summed E-state index contributed by atoms with van der Waals surface area (Å²) in [4.78, 5) is 43.0. The molecule has 0 aromatic carbocycles. The van der Waals surface area contributed by atoms with Crippen molar-refractivity contribution in [2.45, 2.75) is 32.2 Å². The Labute approximate surface area is 167 Å². The third-order valence-corrected chi connectivity index (χ3v) is 6.49. The molecule has 4 heterocycles. The molecule has 0 aliphatic carbocycles. The van der Waals surface area contributed by atoms with Crippen LogP contribution in [0.25, 0.3) is 11.3 Å². The number of carbonyl (C=O) groups is 3. The highest BCUT2D eigenvalue weighted by atomic mass is 32.1. The quantitative estimate of drug-likeness (QED) is 0.778. The normalized spacial score (nSPS) is 22.9. The Morgan fingerprint density at radius 3 is 2.57 bits per heavy atom. The topological polar surface area (TPSA) is 91.4 Å². The van der Waals surface area contributed by atoms with Gasteiger partial charge in [0.15, 0.2) is 0 Å². The maximum absolute atomic E-state index is 13.0. The Morgan fingerprint density at radius 1 is 1.25 bits per heavy atom. The van der Waals surface area contributed by atoms with Crippen LogP contribution < -0.4 is 10.6 Å². The first-order valence-corrected chi connectivity index (χ1v) is 10.3. The highest BCUT2D eigenvalue weighted by Gasteiger charge is 2.48. The lowest BCUT2D eigenvalue weighted by Gasteiger charge is -2.38. The average molecular weight is 398 g/mol. The molecule has 0 bridgehead atoms. The van der Waals surface area contributed by atoms with Crippen molar-refractivity contribution in [2.24, 2.45) is 5.92 Å². The van der Waals surface area contributed by atoms with E-state index in [2.05, 4.69) is 15.6 Å². The van der Waals surface area contributed by atoms with Crippen LogP contribution in [0.2, 0.25) is 0 Å². The molecule has 2 aromatic heterocycles. The number of pyridine rings is 1. The Bertz CT molecular complexity index is 935. The number of likely N-dealkylation sites (tertiary alicyclic amines) is 1. The monoisotopic (exact) mass is 398 g/mol. The Morgan fingerprint density at radius 2 is 2.00 bits per heavy atom. The van der Waals surface area contributed by atoms with Crippen LogP contribution in [0.5, 0.6) is 0 Å². The highest BCUT2D eigenvalue weighted by molar-refractivity contribution is 7.08. The van der Waals surface area contributed by atoms with Crippen molar-refractivity contribution in [1.29, 1.82) is 0 Å². The summed E-state index contributed by atoms with van der Waals surface area (Å²) in [5.74, 6) is -0.320. The fourth-order valence-corrected chi connectivity index (χ4v) is 4.68. The molecule has 146 valence electrons. The number of thiophene rings is 1. The molecule has 2 N–H and O–H groups in total. The summed E-state index contributed by atoms with van der Waals surface area (Å²) in [5, 5.41) is 9.09. The Kier molecular flexibility index (Phi) is 4.66. The Hall–Kier alpha value is -2.74. The number of rotatable bonds is 3. The summed E-state index contributed by atoms with van der Waals surface area (Å²) in [6.45, 7) is 4.71. The van der Waals surface area contributed by atoms with Gasteiger partial charge in [-0.1, -0.05) is 0 Å². The first-order valence-electron chi connectivity index (χ1n) is 9.31. The van der Waals surface area contributed by atoms with Gasteiger partial charge in [0.1, 0.15) is 5.54 Å². The molecule has 28 heavy (non-hydrogen) atoms. The van der Waals surface area contributed by atoms with E-state index in [4.69, 9.17) is 0 Å². The number of amides is 4. The number of carbonyl (C=O) groups excluding carboxylic acids is 3. The van der Waals surface area contributed by atoms with E-state index >= 15 is 0 Å². The van der Waals surface area contributed by atoms with Crippen LogP contribution in [-0.4, -0.2) is 46.4 Å². The molecule has 4 rings (SSSR count). The van der Waals surface area contributed by atoms with E-state index in [0.717, 1.165) is 11.3 Å². The molecular weight excluding hydrogens is 376 g/mol. The first-order chi connectivity index (χ1) is 13.4. The summed E-state index contributed by atoms with van der Waals surface area (Å²) in [5.41, 5.74) is 2.34. The molecule has 7 nitrogen and oxygen atoms in total. The smallest absolute Gasteiger partial charge is 0.322 e. The molecule has 2 aromatic rings. The zero-order valence-corrected chi connectivity index (χ0v) is 16.6. The van der Waals surface area contributed by atoms with Gasteiger partial charge in [0.05, 0.1) is 17.0 Å². The van der Waals surface area contributed by atoms with Crippen LogP contribution >= 0.6 is 11.3 Å². The minimum absolute atomic E-state index is 0.00295. The Balaban J connectivity index is 1.44. The second-order valence-corrected chi connectivity index (χ2v) is 8.30. The first kappa shape index (κ1) is 18.6. The zero-order chi connectivity index (χ0) is 19.9. The maximum atomic E-state index is 13.0. The summed E-state index contributed by atoms with van der Waals surface area (Å²) in [7, 11) is 0. The van der Waals surface area contributed by atoms with E-state index in [-0.39, 0.29) is 17.7 Å². The molecule has 0 unspecified atom stereocenters. The minimum Gasteiger partial charge on any atom is -0.339 e. The second kappa shape index (κ2) is 7.01. The summed E-state index contributed by atoms with van der Waals surface area (Å²) in [6.07, 6.45) is 1.32. The van der Waals surface area contributed by atoms with Crippen molar-refractivity contribution in [1.82, 2.24) is 20.5 Å². The SMILES string of the molecule is Cc1nc(-c2ccsc2)ccc1C(=O)N1CCC([C@]2(C)NC(=O)NC2=O)CC1. The van der Waals surface area contributed by atoms with E-state index in [1.54, 1.807) is 18.3 Å². The van der Waals surface area contributed by atoms with Crippen molar-refractivity contribution < 1.29 is 14.4 Å². The standard InChI is InChI=1S/C20H22N4O3S/c1-12-15(3-4-16(21-12)13-7-10-28-11-13)17(25)24-8-5-14(6-9-24)20(2)18(26)22-19(27)23-20/h3-4,7,10-11,14H,5-6,8-9H2,1-2H3,(H2,22,23,26,27)/t20-/m0/s1. The second-order valence-electron chi connectivity index (χ2n) is 7.52.